The van der Waals surface area contributed by atoms with Crippen molar-refractivity contribution in [2.24, 2.45) is 0 Å². The van der Waals surface area contributed by atoms with Gasteiger partial charge < -0.3 is 14.0 Å². The van der Waals surface area contributed by atoms with Crippen molar-refractivity contribution in [1.29, 1.82) is 0 Å². The molecule has 144 valence electrons. The van der Waals surface area contributed by atoms with Crippen LogP contribution in [0, 0.1) is 13.8 Å². The van der Waals surface area contributed by atoms with Crippen molar-refractivity contribution in [3.63, 3.8) is 0 Å². The highest BCUT2D eigenvalue weighted by Gasteiger charge is 2.32. The number of imidazole rings is 1. The molecule has 6 heteroatoms. The zero-order chi connectivity index (χ0) is 19.0. The Kier molecular flexibility index (Phi) is 4.89. The van der Waals surface area contributed by atoms with Gasteiger partial charge in [0, 0.05) is 43.8 Å². The van der Waals surface area contributed by atoms with Crippen LogP contribution in [0.4, 0.5) is 0 Å². The summed E-state index contributed by atoms with van der Waals surface area (Å²) in [5.74, 6) is 0.912. The van der Waals surface area contributed by atoms with Gasteiger partial charge in [0.15, 0.2) is 0 Å². The van der Waals surface area contributed by atoms with Crippen molar-refractivity contribution in [3.8, 4) is 0 Å². The summed E-state index contributed by atoms with van der Waals surface area (Å²) in [5, 5.41) is 0. The molecule has 1 aliphatic carbocycles. The highest BCUT2D eigenvalue weighted by molar-refractivity contribution is 5.95. The summed E-state index contributed by atoms with van der Waals surface area (Å²) >= 11 is 0. The second kappa shape index (κ2) is 7.33. The summed E-state index contributed by atoms with van der Waals surface area (Å²) in [6.45, 7) is 5.46. The van der Waals surface area contributed by atoms with Crippen LogP contribution in [-0.2, 0) is 6.54 Å². The van der Waals surface area contributed by atoms with E-state index < -0.39 is 0 Å². The van der Waals surface area contributed by atoms with Crippen molar-refractivity contribution in [2.75, 3.05) is 6.54 Å². The van der Waals surface area contributed by atoms with Gasteiger partial charge in [-0.1, -0.05) is 0 Å². The van der Waals surface area contributed by atoms with Crippen LogP contribution in [0.15, 0.2) is 29.5 Å². The molecule has 2 aromatic heterocycles. The maximum atomic E-state index is 13.4. The van der Waals surface area contributed by atoms with Gasteiger partial charge in [0.2, 0.25) is 0 Å². The second-order valence-electron chi connectivity index (χ2n) is 7.92. The fraction of sp³-hybridized carbons (Fsp3) is 0.571. The van der Waals surface area contributed by atoms with Crippen molar-refractivity contribution in [3.05, 3.63) is 52.0 Å². The first-order chi connectivity index (χ1) is 13.1. The minimum absolute atomic E-state index is 0.0837. The molecule has 6 nitrogen and oxygen atoms in total. The summed E-state index contributed by atoms with van der Waals surface area (Å²) in [5.41, 5.74) is 1.05. The Morgan fingerprint density at radius 2 is 2.00 bits per heavy atom. The third kappa shape index (κ3) is 3.57. The van der Waals surface area contributed by atoms with Crippen LogP contribution in [0.2, 0.25) is 0 Å². The topological polar surface area (TPSA) is 60.1 Å². The predicted molar refractivity (Wildman–Crippen MR) is 104 cm³/mol. The molecule has 1 amide bonds. The lowest BCUT2D eigenvalue weighted by Crippen LogP contribution is -2.46. The lowest BCUT2D eigenvalue weighted by atomic mass is 9.97. The number of carbonyl (C=O) groups is 1. The van der Waals surface area contributed by atoms with Crippen LogP contribution < -0.4 is 5.56 Å². The molecule has 1 atom stereocenters. The molecule has 0 bridgehead atoms. The van der Waals surface area contributed by atoms with Gasteiger partial charge in [0.25, 0.3) is 11.5 Å². The van der Waals surface area contributed by atoms with E-state index in [1.54, 1.807) is 4.57 Å². The molecule has 2 aromatic rings. The molecule has 0 N–H and O–H groups in total. The number of aryl methyl sites for hydroxylation is 3. The predicted octanol–water partition coefficient (Wildman–Crippen LogP) is 3.08. The first kappa shape index (κ1) is 18.0. The van der Waals surface area contributed by atoms with Gasteiger partial charge in [-0.2, -0.15) is 0 Å². The van der Waals surface area contributed by atoms with E-state index in [1.165, 1.54) is 0 Å². The van der Waals surface area contributed by atoms with Crippen molar-refractivity contribution in [2.45, 2.75) is 71.0 Å². The standard InChI is InChI=1S/C21H28N4O2/c1-15-8-13-25(18-6-7-18)21(27)19(15)20(26)24-11-4-3-5-17(24)9-12-23-14-10-22-16(23)2/h8,10,13-14,17-18H,3-7,9,11-12H2,1-2H3. The Balaban J connectivity index is 1.56. The van der Waals surface area contributed by atoms with E-state index in [0.29, 0.717) is 5.56 Å². The van der Waals surface area contributed by atoms with Gasteiger partial charge in [-0.3, -0.25) is 9.59 Å². The first-order valence-corrected chi connectivity index (χ1v) is 10.1. The summed E-state index contributed by atoms with van der Waals surface area (Å²) < 4.78 is 3.89. The lowest BCUT2D eigenvalue weighted by Gasteiger charge is -2.36. The largest absolute Gasteiger partial charge is 0.335 e. The van der Waals surface area contributed by atoms with E-state index in [-0.39, 0.29) is 23.6 Å². The zero-order valence-electron chi connectivity index (χ0n) is 16.2. The summed E-state index contributed by atoms with van der Waals surface area (Å²) in [6.07, 6.45) is 11.8. The van der Waals surface area contributed by atoms with E-state index in [9.17, 15) is 9.59 Å². The molecule has 1 aliphatic heterocycles. The maximum absolute atomic E-state index is 13.4. The number of likely N-dealkylation sites (tertiary alicyclic amines) is 1. The van der Waals surface area contributed by atoms with Crippen LogP contribution in [0.25, 0.3) is 0 Å². The van der Waals surface area contributed by atoms with Gasteiger partial charge in [-0.15, -0.1) is 0 Å². The summed E-state index contributed by atoms with van der Waals surface area (Å²) in [4.78, 5) is 32.6. The molecular formula is C21H28N4O2. The molecule has 0 spiro atoms. The average molecular weight is 368 g/mol. The lowest BCUT2D eigenvalue weighted by molar-refractivity contribution is 0.0592. The van der Waals surface area contributed by atoms with E-state index in [1.807, 2.05) is 43.4 Å². The SMILES string of the molecule is Cc1ccn(C2CC2)c(=O)c1C(=O)N1CCCCC1CCn1ccnc1C. The normalized spacial score (nSPS) is 20.1. The molecule has 3 heterocycles. The monoisotopic (exact) mass is 368 g/mol. The fourth-order valence-corrected chi connectivity index (χ4v) is 4.18. The maximum Gasteiger partial charge on any atom is 0.263 e. The average Bonchev–Trinajstić information content (AvgIpc) is 3.42. The Labute approximate surface area is 159 Å². The number of piperidine rings is 1. The molecular weight excluding hydrogens is 340 g/mol. The van der Waals surface area contributed by atoms with Crippen molar-refractivity contribution >= 4 is 5.91 Å². The molecule has 1 saturated carbocycles. The molecule has 1 unspecified atom stereocenters. The number of nitrogens with zero attached hydrogens (tertiary/aromatic N) is 4. The smallest absolute Gasteiger partial charge is 0.263 e. The summed E-state index contributed by atoms with van der Waals surface area (Å²) in [6, 6.07) is 2.38. The summed E-state index contributed by atoms with van der Waals surface area (Å²) in [7, 11) is 0. The van der Waals surface area contributed by atoms with E-state index in [4.69, 9.17) is 0 Å². The number of hydrogen-bond acceptors (Lipinski definition) is 3. The van der Waals surface area contributed by atoms with Gasteiger partial charge in [0.1, 0.15) is 11.4 Å². The quantitative estimate of drug-likeness (QED) is 0.815. The number of rotatable bonds is 5. The highest BCUT2D eigenvalue weighted by atomic mass is 16.2. The minimum Gasteiger partial charge on any atom is -0.335 e. The molecule has 4 rings (SSSR count). The minimum atomic E-state index is -0.114. The number of hydrogen-bond donors (Lipinski definition) is 0. The number of carbonyl (C=O) groups excluding carboxylic acids is 1. The Hall–Kier alpha value is -2.37. The Morgan fingerprint density at radius 3 is 2.70 bits per heavy atom. The third-order valence-corrected chi connectivity index (χ3v) is 6.00. The van der Waals surface area contributed by atoms with Crippen LogP contribution in [-0.4, -0.2) is 37.5 Å². The van der Waals surface area contributed by atoms with Crippen LogP contribution in [0.3, 0.4) is 0 Å². The highest BCUT2D eigenvalue weighted by Crippen LogP contribution is 2.33. The van der Waals surface area contributed by atoms with Gasteiger partial charge in [-0.05, 0) is 64.0 Å². The Morgan fingerprint density at radius 1 is 1.19 bits per heavy atom. The van der Waals surface area contributed by atoms with E-state index in [2.05, 4.69) is 9.55 Å². The molecule has 1 saturated heterocycles. The van der Waals surface area contributed by atoms with Gasteiger partial charge >= 0.3 is 0 Å². The van der Waals surface area contributed by atoms with Crippen LogP contribution >= 0.6 is 0 Å². The number of amides is 1. The molecule has 2 aliphatic rings. The fourth-order valence-electron chi connectivity index (χ4n) is 4.18. The molecule has 27 heavy (non-hydrogen) atoms. The van der Waals surface area contributed by atoms with E-state index >= 15 is 0 Å². The van der Waals surface area contributed by atoms with Crippen LogP contribution in [0.1, 0.15) is 66.3 Å². The molecule has 0 aromatic carbocycles. The zero-order valence-corrected chi connectivity index (χ0v) is 16.2. The van der Waals surface area contributed by atoms with Gasteiger partial charge in [-0.25, -0.2) is 4.98 Å². The molecule has 0 radical (unpaired) electrons. The first-order valence-electron chi connectivity index (χ1n) is 10.1. The van der Waals surface area contributed by atoms with Crippen molar-refractivity contribution in [1.82, 2.24) is 19.0 Å². The molecule has 2 fully saturated rings. The second-order valence-corrected chi connectivity index (χ2v) is 7.92. The number of aromatic nitrogens is 3. The Bertz CT molecular complexity index is 894. The van der Waals surface area contributed by atoms with Crippen molar-refractivity contribution < 1.29 is 4.79 Å². The number of pyridine rings is 1. The van der Waals surface area contributed by atoms with Gasteiger partial charge in [0.05, 0.1) is 0 Å². The van der Waals surface area contributed by atoms with E-state index in [0.717, 1.165) is 63.0 Å². The third-order valence-electron chi connectivity index (χ3n) is 6.00. The van der Waals surface area contributed by atoms with Crippen LogP contribution in [0.5, 0.6) is 0 Å².